The smallest absolute Gasteiger partial charge is 0.434 e. The SMILES string of the molecule is [C-]#[N+]c1ccc(-c2nc(C(=O)N3CC[C@H](N)C3)c(C(F)(F)F)n2-c2cnc(OC)c(F)c2)cc1F. The topological polar surface area (TPSA) is 90.6 Å². The fourth-order valence-electron chi connectivity index (χ4n) is 3.82. The number of hydrogen-bond donors (Lipinski definition) is 1. The maximum Gasteiger partial charge on any atom is 0.434 e. The minimum absolute atomic E-state index is 0.0331. The van der Waals surface area contributed by atoms with Crippen molar-refractivity contribution in [2.75, 3.05) is 20.2 Å². The number of imidazole rings is 1. The first-order valence-electron chi connectivity index (χ1n) is 10.2. The van der Waals surface area contributed by atoms with E-state index in [4.69, 9.17) is 17.0 Å². The zero-order valence-electron chi connectivity index (χ0n) is 18.1. The number of nitrogens with two attached hydrogens (primary N) is 1. The Labute approximate surface area is 195 Å². The van der Waals surface area contributed by atoms with E-state index in [9.17, 15) is 26.7 Å². The van der Waals surface area contributed by atoms with Crippen LogP contribution in [0, 0.1) is 18.2 Å². The van der Waals surface area contributed by atoms with E-state index in [0.717, 1.165) is 36.4 Å². The molecule has 182 valence electrons. The van der Waals surface area contributed by atoms with E-state index in [0.29, 0.717) is 11.0 Å². The Morgan fingerprint density at radius 3 is 2.54 bits per heavy atom. The summed E-state index contributed by atoms with van der Waals surface area (Å²) < 4.78 is 77.2. The Morgan fingerprint density at radius 1 is 1.26 bits per heavy atom. The zero-order chi connectivity index (χ0) is 25.5. The Morgan fingerprint density at radius 2 is 2.00 bits per heavy atom. The quantitative estimate of drug-likeness (QED) is 0.440. The van der Waals surface area contributed by atoms with Gasteiger partial charge in [0.05, 0.1) is 25.6 Å². The van der Waals surface area contributed by atoms with Crippen LogP contribution >= 0.6 is 0 Å². The first kappa shape index (κ1) is 24.1. The van der Waals surface area contributed by atoms with Gasteiger partial charge in [-0.1, -0.05) is 12.1 Å². The molecule has 1 amide bonds. The number of rotatable bonds is 4. The molecule has 35 heavy (non-hydrogen) atoms. The Hall–Kier alpha value is -4.05. The molecule has 2 aromatic heterocycles. The molecule has 1 aromatic carbocycles. The molecule has 1 fully saturated rings. The minimum Gasteiger partial charge on any atom is -0.479 e. The summed E-state index contributed by atoms with van der Waals surface area (Å²) in [6.45, 7) is 7.14. The maximum atomic E-state index is 14.4. The average Bonchev–Trinajstić information content (AvgIpc) is 3.42. The molecule has 3 heterocycles. The summed E-state index contributed by atoms with van der Waals surface area (Å²) in [7, 11) is 1.13. The number of benzene rings is 1. The number of likely N-dealkylation sites (tertiary alicyclic amines) is 1. The molecule has 2 N–H and O–H groups in total. The van der Waals surface area contributed by atoms with Crippen LogP contribution in [0.1, 0.15) is 22.6 Å². The van der Waals surface area contributed by atoms with E-state index in [1.54, 1.807) is 0 Å². The van der Waals surface area contributed by atoms with Gasteiger partial charge in [-0.05, 0) is 12.5 Å². The van der Waals surface area contributed by atoms with Crippen LogP contribution in [0.4, 0.5) is 27.6 Å². The van der Waals surface area contributed by atoms with Crippen LogP contribution in [0.25, 0.3) is 21.9 Å². The van der Waals surface area contributed by atoms with Crippen LogP contribution in [-0.4, -0.2) is 51.6 Å². The molecule has 0 saturated carbocycles. The van der Waals surface area contributed by atoms with Gasteiger partial charge >= 0.3 is 6.18 Å². The molecule has 13 heteroatoms. The number of amides is 1. The maximum absolute atomic E-state index is 14.4. The van der Waals surface area contributed by atoms with Crippen molar-refractivity contribution in [1.29, 1.82) is 0 Å². The first-order valence-corrected chi connectivity index (χ1v) is 10.2. The van der Waals surface area contributed by atoms with Crippen molar-refractivity contribution in [3.63, 3.8) is 0 Å². The molecular weight excluding hydrogens is 475 g/mol. The van der Waals surface area contributed by atoms with Gasteiger partial charge in [-0.3, -0.25) is 9.36 Å². The van der Waals surface area contributed by atoms with Crippen molar-refractivity contribution < 1.29 is 31.5 Å². The number of halogens is 5. The fourth-order valence-corrected chi connectivity index (χ4v) is 3.82. The van der Waals surface area contributed by atoms with E-state index >= 15 is 0 Å². The van der Waals surface area contributed by atoms with Crippen LogP contribution in [0.15, 0.2) is 30.5 Å². The molecule has 1 aliphatic heterocycles. The highest BCUT2D eigenvalue weighted by Crippen LogP contribution is 2.39. The molecule has 8 nitrogen and oxygen atoms in total. The second-order valence-corrected chi connectivity index (χ2v) is 7.73. The van der Waals surface area contributed by atoms with Crippen molar-refractivity contribution in [2.45, 2.75) is 18.6 Å². The summed E-state index contributed by atoms with van der Waals surface area (Å²) in [6.07, 6.45) is -3.81. The normalized spacial score (nSPS) is 15.8. The van der Waals surface area contributed by atoms with E-state index in [2.05, 4.69) is 14.8 Å². The van der Waals surface area contributed by atoms with E-state index in [-0.39, 0.29) is 24.3 Å². The predicted octanol–water partition coefficient (Wildman–Crippen LogP) is 3.96. The summed E-state index contributed by atoms with van der Waals surface area (Å²) in [5.41, 5.74) is 2.40. The lowest BCUT2D eigenvalue weighted by Crippen LogP contribution is -2.33. The largest absolute Gasteiger partial charge is 0.479 e. The summed E-state index contributed by atoms with van der Waals surface area (Å²) in [5.74, 6) is -4.04. The summed E-state index contributed by atoms with van der Waals surface area (Å²) in [4.78, 5) is 24.9. The van der Waals surface area contributed by atoms with Crippen molar-refractivity contribution in [3.05, 3.63) is 64.9 Å². The monoisotopic (exact) mass is 492 g/mol. The van der Waals surface area contributed by atoms with Gasteiger partial charge in [0.25, 0.3) is 5.91 Å². The highest BCUT2D eigenvalue weighted by Gasteiger charge is 2.44. The van der Waals surface area contributed by atoms with E-state index in [1.807, 2.05) is 0 Å². The number of aromatic nitrogens is 3. The van der Waals surface area contributed by atoms with Crippen LogP contribution in [-0.2, 0) is 6.18 Å². The number of pyridine rings is 1. The number of methoxy groups -OCH3 is 1. The van der Waals surface area contributed by atoms with Gasteiger partial charge in [0.2, 0.25) is 11.6 Å². The Bertz CT molecular complexity index is 1350. The minimum atomic E-state index is -5.12. The lowest BCUT2D eigenvalue weighted by Gasteiger charge is -2.18. The van der Waals surface area contributed by atoms with Crippen molar-refractivity contribution in [3.8, 4) is 23.0 Å². The van der Waals surface area contributed by atoms with Crippen LogP contribution in [0.5, 0.6) is 5.88 Å². The Balaban J connectivity index is 2.02. The van der Waals surface area contributed by atoms with Crippen molar-refractivity contribution in [2.24, 2.45) is 5.73 Å². The lowest BCUT2D eigenvalue weighted by molar-refractivity contribution is -0.142. The molecule has 1 atom stereocenters. The summed E-state index contributed by atoms with van der Waals surface area (Å²) in [5, 5.41) is 0. The first-order chi connectivity index (χ1) is 16.5. The van der Waals surface area contributed by atoms with Gasteiger partial charge in [-0.25, -0.2) is 23.6 Å². The molecule has 3 aromatic rings. The summed E-state index contributed by atoms with van der Waals surface area (Å²) in [6, 6.07) is 3.40. The third-order valence-corrected chi connectivity index (χ3v) is 5.43. The molecule has 4 rings (SSSR count). The van der Waals surface area contributed by atoms with Gasteiger partial charge in [-0.2, -0.15) is 13.2 Å². The number of ether oxygens (including phenoxy) is 1. The molecule has 1 aliphatic rings. The average molecular weight is 492 g/mol. The van der Waals surface area contributed by atoms with Gasteiger partial charge in [0.15, 0.2) is 17.2 Å². The number of hydrogen-bond acceptors (Lipinski definition) is 5. The Kier molecular flexibility index (Phi) is 6.16. The second kappa shape index (κ2) is 8.95. The molecule has 0 spiro atoms. The van der Waals surface area contributed by atoms with Crippen LogP contribution in [0.3, 0.4) is 0 Å². The predicted molar refractivity (Wildman–Crippen MR) is 113 cm³/mol. The summed E-state index contributed by atoms with van der Waals surface area (Å²) >= 11 is 0. The zero-order valence-corrected chi connectivity index (χ0v) is 18.1. The highest BCUT2D eigenvalue weighted by molar-refractivity contribution is 5.95. The van der Waals surface area contributed by atoms with E-state index in [1.165, 1.54) is 6.07 Å². The fraction of sp³-hybridized carbons (Fsp3) is 0.273. The molecular formula is C22H17F5N6O2. The van der Waals surface area contributed by atoms with Gasteiger partial charge in [0.1, 0.15) is 11.6 Å². The van der Waals surface area contributed by atoms with Gasteiger partial charge in [-0.15, -0.1) is 0 Å². The van der Waals surface area contributed by atoms with Crippen LogP contribution in [0.2, 0.25) is 0 Å². The molecule has 1 saturated heterocycles. The van der Waals surface area contributed by atoms with Crippen molar-refractivity contribution in [1.82, 2.24) is 19.4 Å². The molecule has 0 unspecified atom stereocenters. The second-order valence-electron chi connectivity index (χ2n) is 7.73. The number of nitrogens with zero attached hydrogens (tertiary/aromatic N) is 5. The number of carbonyl (C=O) groups is 1. The standard InChI is InChI=1S/C22H17F5N6O2/c1-29-16-4-3-11(7-14(16)23)19-31-17(21(34)32-6-5-12(28)10-32)18(22(25,26)27)33(19)13-8-15(24)20(35-2)30-9-13/h3-4,7-9,12H,5-6,10,28H2,2H3/t12-/m0/s1. The highest BCUT2D eigenvalue weighted by atomic mass is 19.4. The number of carbonyl (C=O) groups excluding carboxylic acids is 1. The third kappa shape index (κ3) is 4.40. The van der Waals surface area contributed by atoms with E-state index < -0.39 is 58.5 Å². The molecule has 0 radical (unpaired) electrons. The van der Waals surface area contributed by atoms with Crippen molar-refractivity contribution >= 4 is 11.6 Å². The van der Waals surface area contributed by atoms with Crippen LogP contribution < -0.4 is 10.5 Å². The molecule has 0 bridgehead atoms. The van der Waals surface area contributed by atoms with Gasteiger partial charge in [0, 0.05) is 30.8 Å². The third-order valence-electron chi connectivity index (χ3n) is 5.43. The lowest BCUT2D eigenvalue weighted by atomic mass is 10.2. The van der Waals surface area contributed by atoms with Gasteiger partial charge < -0.3 is 15.4 Å². The number of alkyl halides is 3. The molecule has 0 aliphatic carbocycles.